The molecule has 1 aromatic rings. The van der Waals surface area contributed by atoms with Crippen molar-refractivity contribution in [3.63, 3.8) is 0 Å². The Morgan fingerprint density at radius 3 is 2.29 bits per heavy atom. The van der Waals surface area contributed by atoms with Crippen molar-refractivity contribution in [2.24, 2.45) is 11.8 Å². The van der Waals surface area contributed by atoms with E-state index in [4.69, 9.17) is 0 Å². The topological polar surface area (TPSA) is 69.6 Å². The zero-order valence-corrected chi connectivity index (χ0v) is 12.4. The fraction of sp³-hybridized carbons (Fsp3) is 0.562. The minimum absolute atomic E-state index is 0.0207. The molecule has 5 heteroatoms. The number of rotatable bonds is 2. The molecule has 3 N–H and O–H groups in total. The summed E-state index contributed by atoms with van der Waals surface area (Å²) in [4.78, 5) is 12.2. The monoisotopic (exact) mass is 295 g/mol. The van der Waals surface area contributed by atoms with Crippen LogP contribution in [0.5, 0.6) is 11.5 Å². The van der Waals surface area contributed by atoms with E-state index in [0.29, 0.717) is 11.8 Å². The van der Waals surface area contributed by atoms with Crippen LogP contribution in [-0.2, 0) is 0 Å². The molecule has 0 aliphatic heterocycles. The van der Waals surface area contributed by atoms with Gasteiger partial charge in [-0.3, -0.25) is 4.79 Å². The third kappa shape index (κ3) is 3.86. The van der Waals surface area contributed by atoms with E-state index in [2.05, 4.69) is 19.2 Å². The second kappa shape index (κ2) is 6.33. The standard InChI is InChI=1S/C16H22FNO3/c1-9-3-4-10(2)6-12(5-9)18-16(21)11-7-13(17)15(20)14(19)8-11/h7-10,12,19-20H,3-6H2,1-2H3,(H,18,21)/t9-,10+,12?. The summed E-state index contributed by atoms with van der Waals surface area (Å²) >= 11 is 0. The molecule has 1 saturated carbocycles. The van der Waals surface area contributed by atoms with E-state index in [1.165, 1.54) is 0 Å². The van der Waals surface area contributed by atoms with Crippen molar-refractivity contribution in [3.05, 3.63) is 23.5 Å². The summed E-state index contributed by atoms with van der Waals surface area (Å²) in [6.45, 7) is 4.34. The minimum Gasteiger partial charge on any atom is -0.504 e. The van der Waals surface area contributed by atoms with E-state index in [-0.39, 0.29) is 11.6 Å². The molecule has 1 aliphatic carbocycles. The van der Waals surface area contributed by atoms with Crippen LogP contribution in [0.2, 0.25) is 0 Å². The molecule has 1 fully saturated rings. The lowest BCUT2D eigenvalue weighted by molar-refractivity contribution is 0.0928. The SMILES string of the molecule is C[C@@H]1CC[C@H](C)CC(NC(=O)c2cc(O)c(O)c(F)c2)C1. The van der Waals surface area contributed by atoms with E-state index in [1.54, 1.807) is 0 Å². The zero-order chi connectivity index (χ0) is 15.6. The van der Waals surface area contributed by atoms with Gasteiger partial charge in [-0.2, -0.15) is 0 Å². The van der Waals surface area contributed by atoms with Crippen LogP contribution in [-0.4, -0.2) is 22.2 Å². The summed E-state index contributed by atoms with van der Waals surface area (Å²) in [6.07, 6.45) is 4.12. The molecule has 1 aliphatic rings. The smallest absolute Gasteiger partial charge is 0.251 e. The third-order valence-corrected chi connectivity index (χ3v) is 4.17. The van der Waals surface area contributed by atoms with Crippen LogP contribution in [0.15, 0.2) is 12.1 Å². The number of amides is 1. The Morgan fingerprint density at radius 2 is 1.76 bits per heavy atom. The summed E-state index contributed by atoms with van der Waals surface area (Å²) in [5.41, 5.74) is 0.0207. The van der Waals surface area contributed by atoms with Crippen LogP contribution < -0.4 is 5.32 Å². The first-order chi connectivity index (χ1) is 9.86. The van der Waals surface area contributed by atoms with Crippen LogP contribution in [0.4, 0.5) is 4.39 Å². The summed E-state index contributed by atoms with van der Waals surface area (Å²) in [5, 5.41) is 21.5. The van der Waals surface area contributed by atoms with Gasteiger partial charge < -0.3 is 15.5 Å². The maximum atomic E-state index is 13.4. The number of phenols is 2. The largest absolute Gasteiger partial charge is 0.504 e. The van der Waals surface area contributed by atoms with E-state index in [1.807, 2.05) is 0 Å². The Labute approximate surface area is 124 Å². The lowest BCUT2D eigenvalue weighted by atomic mass is 9.99. The molecule has 0 saturated heterocycles. The number of hydrogen-bond acceptors (Lipinski definition) is 3. The number of benzene rings is 1. The predicted octanol–water partition coefficient (Wildman–Crippen LogP) is 3.18. The molecule has 0 spiro atoms. The Hall–Kier alpha value is -1.78. The highest BCUT2D eigenvalue weighted by atomic mass is 19.1. The van der Waals surface area contributed by atoms with Gasteiger partial charge in [0, 0.05) is 11.6 Å². The average molecular weight is 295 g/mol. The van der Waals surface area contributed by atoms with Crippen molar-refractivity contribution < 1.29 is 19.4 Å². The first-order valence-corrected chi connectivity index (χ1v) is 7.39. The van der Waals surface area contributed by atoms with Gasteiger partial charge in [0.25, 0.3) is 5.91 Å². The van der Waals surface area contributed by atoms with Crippen molar-refractivity contribution in [1.29, 1.82) is 0 Å². The van der Waals surface area contributed by atoms with Gasteiger partial charge in [-0.05, 0) is 36.8 Å². The van der Waals surface area contributed by atoms with E-state index < -0.39 is 23.2 Å². The number of halogens is 1. The molecular formula is C16H22FNO3. The lowest BCUT2D eigenvalue weighted by Gasteiger charge is -2.20. The first kappa shape index (κ1) is 15.6. The molecule has 0 bridgehead atoms. The molecule has 1 unspecified atom stereocenters. The van der Waals surface area contributed by atoms with Gasteiger partial charge in [0.1, 0.15) is 0 Å². The number of phenolic OH excluding ortho intramolecular Hbond substituents is 2. The number of hydrogen-bond donors (Lipinski definition) is 3. The summed E-state index contributed by atoms with van der Waals surface area (Å²) in [6, 6.07) is 2.08. The van der Waals surface area contributed by atoms with Crippen molar-refractivity contribution in [2.45, 2.75) is 45.6 Å². The van der Waals surface area contributed by atoms with Crippen LogP contribution in [0.3, 0.4) is 0 Å². The van der Waals surface area contributed by atoms with E-state index in [9.17, 15) is 19.4 Å². The highest BCUT2D eigenvalue weighted by molar-refractivity contribution is 5.95. The zero-order valence-electron chi connectivity index (χ0n) is 12.4. The summed E-state index contributed by atoms with van der Waals surface area (Å²) < 4.78 is 13.4. The van der Waals surface area contributed by atoms with Gasteiger partial charge in [0.05, 0.1) is 0 Å². The van der Waals surface area contributed by atoms with Gasteiger partial charge >= 0.3 is 0 Å². The van der Waals surface area contributed by atoms with Crippen LogP contribution in [0.25, 0.3) is 0 Å². The molecule has 1 aromatic carbocycles. The van der Waals surface area contributed by atoms with Crippen molar-refractivity contribution >= 4 is 5.91 Å². The Bertz CT molecular complexity index is 497. The Balaban J connectivity index is 2.10. The highest BCUT2D eigenvalue weighted by Crippen LogP contribution is 2.30. The molecule has 4 nitrogen and oxygen atoms in total. The van der Waals surface area contributed by atoms with Gasteiger partial charge in [-0.25, -0.2) is 4.39 Å². The average Bonchev–Trinajstić information content (AvgIpc) is 2.56. The molecule has 21 heavy (non-hydrogen) atoms. The molecular weight excluding hydrogens is 273 g/mol. The second-order valence-electron chi connectivity index (χ2n) is 6.26. The molecule has 1 amide bonds. The molecule has 116 valence electrons. The lowest BCUT2D eigenvalue weighted by Crippen LogP contribution is -2.36. The van der Waals surface area contributed by atoms with Gasteiger partial charge in [-0.15, -0.1) is 0 Å². The Kier molecular flexibility index (Phi) is 4.70. The van der Waals surface area contributed by atoms with Gasteiger partial charge in [0.15, 0.2) is 17.3 Å². The Morgan fingerprint density at radius 1 is 1.19 bits per heavy atom. The number of carbonyl (C=O) groups is 1. The van der Waals surface area contributed by atoms with Crippen LogP contribution >= 0.6 is 0 Å². The van der Waals surface area contributed by atoms with Gasteiger partial charge in [-0.1, -0.05) is 26.7 Å². The fourth-order valence-corrected chi connectivity index (χ4v) is 2.97. The minimum atomic E-state index is -0.997. The first-order valence-electron chi connectivity index (χ1n) is 7.39. The maximum absolute atomic E-state index is 13.4. The highest BCUT2D eigenvalue weighted by Gasteiger charge is 2.24. The maximum Gasteiger partial charge on any atom is 0.251 e. The fourth-order valence-electron chi connectivity index (χ4n) is 2.97. The summed E-state index contributed by atoms with van der Waals surface area (Å²) in [7, 11) is 0. The second-order valence-corrected chi connectivity index (χ2v) is 6.26. The van der Waals surface area contributed by atoms with Crippen LogP contribution in [0, 0.1) is 17.7 Å². The molecule has 3 atom stereocenters. The van der Waals surface area contributed by atoms with Crippen molar-refractivity contribution in [1.82, 2.24) is 5.32 Å². The van der Waals surface area contributed by atoms with Crippen molar-refractivity contribution in [3.8, 4) is 11.5 Å². The normalized spacial score (nSPS) is 26.1. The molecule has 0 aromatic heterocycles. The number of carbonyl (C=O) groups excluding carboxylic acids is 1. The molecule has 0 heterocycles. The predicted molar refractivity (Wildman–Crippen MR) is 77.8 cm³/mol. The molecule has 0 radical (unpaired) electrons. The van der Waals surface area contributed by atoms with Gasteiger partial charge in [0.2, 0.25) is 0 Å². The van der Waals surface area contributed by atoms with E-state index in [0.717, 1.165) is 37.8 Å². The molecule has 2 rings (SSSR count). The third-order valence-electron chi connectivity index (χ3n) is 4.17. The van der Waals surface area contributed by atoms with Crippen LogP contribution in [0.1, 0.15) is 49.9 Å². The summed E-state index contributed by atoms with van der Waals surface area (Å²) in [5.74, 6) is -1.78. The number of nitrogens with one attached hydrogen (secondary N) is 1. The van der Waals surface area contributed by atoms with E-state index >= 15 is 0 Å². The van der Waals surface area contributed by atoms with Crippen molar-refractivity contribution in [2.75, 3.05) is 0 Å². The quantitative estimate of drug-likeness (QED) is 0.580. The number of aromatic hydroxyl groups is 2.